The van der Waals surface area contributed by atoms with Crippen LogP contribution in [0.25, 0.3) is 0 Å². The largest absolute Gasteiger partial charge is 0.550 e. The van der Waals surface area contributed by atoms with E-state index in [-0.39, 0.29) is 18.9 Å². The fraction of sp³-hybridized carbons (Fsp3) is 0.467. The summed E-state index contributed by atoms with van der Waals surface area (Å²) in [4.78, 5) is 11.5. The van der Waals surface area contributed by atoms with Crippen LogP contribution >= 0.6 is 7.82 Å². The average molecular weight is 343 g/mol. The third-order valence-corrected chi connectivity index (χ3v) is 4.23. The standard InChI is InChI=1S/C15H22NO6P/c1-4-9-12-10-7-8-11-13(12)14(15(17)18)16-22-23(19,20-5-2)21-6-3/h7-8,10-11H,4-6,9H2,1-3H3,(H,17,18). The number of rotatable bonds is 10. The highest BCUT2D eigenvalue weighted by molar-refractivity contribution is 7.48. The number of benzene rings is 1. The predicted octanol–water partition coefficient (Wildman–Crippen LogP) is 3.63. The molecule has 1 rings (SSSR count). The summed E-state index contributed by atoms with van der Waals surface area (Å²) in [6.45, 7) is 5.40. The van der Waals surface area contributed by atoms with Gasteiger partial charge in [0.05, 0.1) is 13.2 Å². The molecule has 0 fully saturated rings. The molecule has 0 aliphatic heterocycles. The zero-order valence-corrected chi connectivity index (χ0v) is 14.4. The Bertz CT molecular complexity index is 591. The Morgan fingerprint density at radius 2 is 1.78 bits per heavy atom. The van der Waals surface area contributed by atoms with Crippen LogP contribution in [0.4, 0.5) is 0 Å². The van der Waals surface area contributed by atoms with Gasteiger partial charge in [0.2, 0.25) is 0 Å². The van der Waals surface area contributed by atoms with Crippen molar-refractivity contribution in [3.05, 3.63) is 35.4 Å². The summed E-state index contributed by atoms with van der Waals surface area (Å²) >= 11 is 0. The lowest BCUT2D eigenvalue weighted by atomic mass is 9.99. The van der Waals surface area contributed by atoms with E-state index in [4.69, 9.17) is 13.7 Å². The van der Waals surface area contributed by atoms with Crippen molar-refractivity contribution in [1.29, 1.82) is 0 Å². The molecule has 8 heteroatoms. The van der Waals surface area contributed by atoms with E-state index in [2.05, 4.69) is 5.16 Å². The zero-order valence-electron chi connectivity index (χ0n) is 13.5. The zero-order chi connectivity index (χ0) is 17.3. The van der Waals surface area contributed by atoms with Crippen LogP contribution in [-0.4, -0.2) is 30.0 Å². The van der Waals surface area contributed by atoms with Crippen LogP contribution in [0.3, 0.4) is 0 Å². The maximum atomic E-state index is 12.2. The number of carboxylic acid groups (broad SMARTS) is 1. The fourth-order valence-electron chi connectivity index (χ4n) is 1.93. The molecule has 1 aromatic carbocycles. The Morgan fingerprint density at radius 3 is 2.30 bits per heavy atom. The summed E-state index contributed by atoms with van der Waals surface area (Å²) in [6.07, 6.45) is 1.54. The molecule has 0 spiro atoms. The van der Waals surface area contributed by atoms with Gasteiger partial charge in [-0.3, -0.25) is 13.7 Å². The van der Waals surface area contributed by atoms with E-state index in [0.717, 1.165) is 12.0 Å². The van der Waals surface area contributed by atoms with Crippen molar-refractivity contribution in [3.8, 4) is 0 Å². The number of hydrogen-bond donors (Lipinski definition) is 1. The number of phosphoric acid groups is 1. The van der Waals surface area contributed by atoms with Crippen LogP contribution < -0.4 is 0 Å². The molecule has 0 bridgehead atoms. The highest BCUT2D eigenvalue weighted by Crippen LogP contribution is 2.49. The van der Waals surface area contributed by atoms with E-state index in [1.54, 1.807) is 26.0 Å². The molecule has 0 amide bonds. The second-order valence-electron chi connectivity index (χ2n) is 4.52. The van der Waals surface area contributed by atoms with Gasteiger partial charge in [-0.05, 0) is 25.8 Å². The normalized spacial score (nSPS) is 12.2. The summed E-state index contributed by atoms with van der Waals surface area (Å²) in [5, 5.41) is 12.9. The predicted molar refractivity (Wildman–Crippen MR) is 86.6 cm³/mol. The number of oxime groups is 1. The van der Waals surface area contributed by atoms with Crippen molar-refractivity contribution in [1.82, 2.24) is 0 Å². The monoisotopic (exact) mass is 343 g/mol. The summed E-state index contributed by atoms with van der Waals surface area (Å²) in [5.74, 6) is -1.28. The first-order chi connectivity index (χ1) is 11.0. The lowest BCUT2D eigenvalue weighted by Gasteiger charge is -2.14. The molecule has 0 unspecified atom stereocenters. The van der Waals surface area contributed by atoms with Crippen LogP contribution in [0.2, 0.25) is 0 Å². The SMILES string of the molecule is CCCc1ccccc1C(=NOP(=O)(OCC)OCC)C(=O)O. The molecular weight excluding hydrogens is 321 g/mol. The van der Waals surface area contributed by atoms with Crippen molar-refractivity contribution in [3.63, 3.8) is 0 Å². The van der Waals surface area contributed by atoms with Crippen molar-refractivity contribution in [2.75, 3.05) is 13.2 Å². The average Bonchev–Trinajstić information content (AvgIpc) is 2.49. The molecular formula is C15H22NO6P. The van der Waals surface area contributed by atoms with E-state index >= 15 is 0 Å². The maximum absolute atomic E-state index is 12.2. The summed E-state index contributed by atoms with van der Waals surface area (Å²) in [5.41, 5.74) is 0.900. The second-order valence-corrected chi connectivity index (χ2v) is 6.09. The third-order valence-electron chi connectivity index (χ3n) is 2.80. The Kier molecular flexibility index (Phi) is 7.95. The molecule has 1 aromatic rings. The van der Waals surface area contributed by atoms with Crippen LogP contribution in [0, 0.1) is 0 Å². The van der Waals surface area contributed by atoms with Crippen molar-refractivity contribution in [2.45, 2.75) is 33.6 Å². The van der Waals surface area contributed by atoms with Gasteiger partial charge in [-0.15, -0.1) is 0 Å². The van der Waals surface area contributed by atoms with E-state index in [0.29, 0.717) is 12.0 Å². The first kappa shape index (κ1) is 19.4. The smallest absolute Gasteiger partial charge is 0.476 e. The molecule has 0 atom stereocenters. The molecule has 0 aliphatic carbocycles. The van der Waals surface area contributed by atoms with Crippen molar-refractivity contribution < 1.29 is 28.1 Å². The van der Waals surface area contributed by atoms with Crippen LogP contribution in [0.15, 0.2) is 29.4 Å². The molecule has 7 nitrogen and oxygen atoms in total. The van der Waals surface area contributed by atoms with Gasteiger partial charge in [0.15, 0.2) is 5.71 Å². The van der Waals surface area contributed by atoms with Gasteiger partial charge in [0.25, 0.3) is 0 Å². The number of aryl methyl sites for hydroxylation is 1. The molecule has 128 valence electrons. The number of phosphoric ester groups is 1. The summed E-state index contributed by atoms with van der Waals surface area (Å²) in [7, 11) is -3.91. The molecule has 1 N–H and O–H groups in total. The van der Waals surface area contributed by atoms with Crippen molar-refractivity contribution >= 4 is 19.5 Å². The fourth-order valence-corrected chi connectivity index (χ4v) is 2.92. The van der Waals surface area contributed by atoms with E-state index < -0.39 is 13.8 Å². The Labute approximate surface area is 135 Å². The Morgan fingerprint density at radius 1 is 1.17 bits per heavy atom. The minimum absolute atomic E-state index is 0.0849. The minimum Gasteiger partial charge on any atom is -0.476 e. The molecule has 0 heterocycles. The van der Waals surface area contributed by atoms with E-state index in [9.17, 15) is 14.5 Å². The van der Waals surface area contributed by atoms with Gasteiger partial charge in [-0.25, -0.2) is 9.36 Å². The topological polar surface area (TPSA) is 94.4 Å². The number of hydrogen-bond acceptors (Lipinski definition) is 6. The molecule has 0 aromatic heterocycles. The maximum Gasteiger partial charge on any atom is 0.550 e. The highest BCUT2D eigenvalue weighted by Gasteiger charge is 2.28. The summed E-state index contributed by atoms with van der Waals surface area (Å²) in [6, 6.07) is 6.98. The van der Waals surface area contributed by atoms with Crippen molar-refractivity contribution in [2.24, 2.45) is 5.16 Å². The lowest BCUT2D eigenvalue weighted by Crippen LogP contribution is -2.17. The lowest BCUT2D eigenvalue weighted by molar-refractivity contribution is -0.129. The molecule has 0 radical (unpaired) electrons. The minimum atomic E-state index is -3.91. The highest BCUT2D eigenvalue weighted by atomic mass is 31.2. The van der Waals surface area contributed by atoms with E-state index in [1.165, 1.54) is 0 Å². The first-order valence-electron chi connectivity index (χ1n) is 7.44. The van der Waals surface area contributed by atoms with Crippen LogP contribution in [0.5, 0.6) is 0 Å². The Hall–Kier alpha value is -1.69. The van der Waals surface area contributed by atoms with E-state index in [1.807, 2.05) is 19.1 Å². The van der Waals surface area contributed by atoms with Gasteiger partial charge in [-0.1, -0.05) is 42.8 Å². The van der Waals surface area contributed by atoms with Gasteiger partial charge in [0, 0.05) is 5.56 Å². The molecule has 23 heavy (non-hydrogen) atoms. The number of nitrogens with zero attached hydrogens (tertiary/aromatic N) is 1. The third kappa shape index (κ3) is 5.78. The van der Waals surface area contributed by atoms with Gasteiger partial charge in [0.1, 0.15) is 0 Å². The summed E-state index contributed by atoms with van der Waals surface area (Å²) < 4.78 is 26.9. The molecule has 0 aliphatic rings. The van der Waals surface area contributed by atoms with Gasteiger partial charge in [-0.2, -0.15) is 0 Å². The number of aliphatic carboxylic acids is 1. The Balaban J connectivity index is 3.16. The number of carboxylic acids is 1. The quantitative estimate of drug-likeness (QED) is 0.396. The van der Waals surface area contributed by atoms with Gasteiger partial charge < -0.3 is 5.11 Å². The van der Waals surface area contributed by atoms with Crippen LogP contribution in [0.1, 0.15) is 38.3 Å². The molecule has 0 saturated carbocycles. The molecule has 0 saturated heterocycles. The van der Waals surface area contributed by atoms with Gasteiger partial charge >= 0.3 is 13.8 Å². The second kappa shape index (κ2) is 9.45. The first-order valence-corrected chi connectivity index (χ1v) is 8.90. The number of carbonyl (C=O) groups is 1. The van der Waals surface area contributed by atoms with Crippen LogP contribution in [-0.2, 0) is 29.5 Å².